The number of carbonyl (C=O) groups excluding carboxylic acids is 1. The van der Waals surface area contributed by atoms with Gasteiger partial charge in [0.25, 0.3) is 5.91 Å². The van der Waals surface area contributed by atoms with Gasteiger partial charge in [-0.1, -0.05) is 11.6 Å². The maximum absolute atomic E-state index is 12.8. The van der Waals surface area contributed by atoms with Crippen molar-refractivity contribution in [1.82, 2.24) is 19.6 Å². The Kier molecular flexibility index (Phi) is 4.08. The van der Waals surface area contributed by atoms with Gasteiger partial charge in [-0.05, 0) is 33.8 Å². The predicted octanol–water partition coefficient (Wildman–Crippen LogP) is 3.58. The van der Waals surface area contributed by atoms with Crippen molar-refractivity contribution in [3.05, 3.63) is 33.9 Å². The van der Waals surface area contributed by atoms with Crippen LogP contribution in [0.3, 0.4) is 0 Å². The summed E-state index contributed by atoms with van der Waals surface area (Å²) in [5.41, 5.74) is 0.126. The average molecular weight is 335 g/mol. The van der Waals surface area contributed by atoms with Gasteiger partial charge < -0.3 is 0 Å². The van der Waals surface area contributed by atoms with Crippen molar-refractivity contribution in [2.24, 2.45) is 0 Å². The van der Waals surface area contributed by atoms with Gasteiger partial charge in [0.05, 0.1) is 16.4 Å². The molecule has 2 aromatic rings. The minimum atomic E-state index is -4.67. The van der Waals surface area contributed by atoms with E-state index in [0.717, 1.165) is 9.36 Å². The van der Waals surface area contributed by atoms with Crippen molar-refractivity contribution in [3.8, 4) is 0 Å². The van der Waals surface area contributed by atoms with Crippen LogP contribution in [-0.4, -0.2) is 25.5 Å². The Morgan fingerprint density at radius 3 is 2.27 bits per heavy atom. The largest absolute Gasteiger partial charge is 0.436 e. The fraction of sp³-hybridized carbons (Fsp3) is 0.462. The Morgan fingerprint density at radius 2 is 1.86 bits per heavy atom. The van der Waals surface area contributed by atoms with Gasteiger partial charge in [-0.15, -0.1) is 0 Å². The maximum atomic E-state index is 12.8. The molecule has 5 nitrogen and oxygen atoms in total. The third-order valence-corrected chi connectivity index (χ3v) is 3.74. The fourth-order valence-corrected chi connectivity index (χ4v) is 2.42. The highest BCUT2D eigenvalue weighted by Gasteiger charge is 2.39. The number of carbonyl (C=O) groups is 1. The van der Waals surface area contributed by atoms with Gasteiger partial charge in [-0.3, -0.25) is 9.48 Å². The van der Waals surface area contributed by atoms with Crippen molar-refractivity contribution in [1.29, 1.82) is 0 Å². The second-order valence-corrected chi connectivity index (χ2v) is 5.42. The second kappa shape index (κ2) is 5.42. The van der Waals surface area contributed by atoms with Gasteiger partial charge in [0.1, 0.15) is 6.04 Å². The standard InChI is InChI=1S/C13H14ClF3N4O/c1-6-5-7(2)20(18-6)12(22)9(4)21-8(3)10(14)11(19-21)13(15,16)17/h5,9H,1-4H3/t9-/m1/s1. The van der Waals surface area contributed by atoms with Crippen LogP contribution in [0.5, 0.6) is 0 Å². The molecule has 9 heteroatoms. The highest BCUT2D eigenvalue weighted by Crippen LogP contribution is 2.36. The van der Waals surface area contributed by atoms with Gasteiger partial charge >= 0.3 is 6.18 Å². The topological polar surface area (TPSA) is 52.7 Å². The molecule has 2 rings (SSSR count). The lowest BCUT2D eigenvalue weighted by Crippen LogP contribution is -2.26. The molecule has 2 heterocycles. The SMILES string of the molecule is Cc1cc(C)n(C(=O)[C@@H](C)n2nc(C(F)(F)F)c(Cl)c2C)n1. The molecule has 0 N–H and O–H groups in total. The van der Waals surface area contributed by atoms with Gasteiger partial charge in [0, 0.05) is 5.69 Å². The van der Waals surface area contributed by atoms with Gasteiger partial charge in [-0.2, -0.15) is 23.4 Å². The van der Waals surface area contributed by atoms with E-state index in [4.69, 9.17) is 11.6 Å². The molecule has 1 atom stereocenters. The monoisotopic (exact) mass is 334 g/mol. The van der Waals surface area contributed by atoms with Crippen LogP contribution in [-0.2, 0) is 6.18 Å². The molecule has 0 aliphatic rings. The summed E-state index contributed by atoms with van der Waals surface area (Å²) in [4.78, 5) is 12.4. The van der Waals surface area contributed by atoms with E-state index in [2.05, 4.69) is 10.2 Å². The van der Waals surface area contributed by atoms with Crippen molar-refractivity contribution >= 4 is 17.5 Å². The molecule has 2 aromatic heterocycles. The molecular weight excluding hydrogens is 321 g/mol. The molecule has 0 unspecified atom stereocenters. The van der Waals surface area contributed by atoms with E-state index in [1.165, 1.54) is 13.8 Å². The Labute approximate surface area is 129 Å². The third-order valence-electron chi connectivity index (χ3n) is 3.29. The van der Waals surface area contributed by atoms with Crippen LogP contribution in [0.25, 0.3) is 0 Å². The average Bonchev–Trinajstić information content (AvgIpc) is 2.88. The minimum absolute atomic E-state index is 0.0800. The quantitative estimate of drug-likeness (QED) is 0.843. The summed E-state index contributed by atoms with van der Waals surface area (Å²) in [5.74, 6) is -0.485. The first-order chi connectivity index (χ1) is 10.0. The first-order valence-corrected chi connectivity index (χ1v) is 6.81. The van der Waals surface area contributed by atoms with Gasteiger partial charge in [-0.25, -0.2) is 4.68 Å². The molecule has 0 radical (unpaired) electrons. The van der Waals surface area contributed by atoms with Crippen LogP contribution in [0.2, 0.25) is 5.02 Å². The molecular formula is C13H14ClF3N4O. The molecule has 0 saturated heterocycles. The van der Waals surface area contributed by atoms with Gasteiger partial charge in [0.15, 0.2) is 5.69 Å². The first kappa shape index (κ1) is 16.5. The van der Waals surface area contributed by atoms with Crippen molar-refractivity contribution in [3.63, 3.8) is 0 Å². The van der Waals surface area contributed by atoms with Crippen LogP contribution in [0.15, 0.2) is 6.07 Å². The lowest BCUT2D eigenvalue weighted by atomic mass is 10.3. The van der Waals surface area contributed by atoms with Crippen LogP contribution < -0.4 is 0 Å². The summed E-state index contributed by atoms with van der Waals surface area (Å²) >= 11 is 5.69. The molecule has 0 fully saturated rings. The Hall–Kier alpha value is -1.83. The number of hydrogen-bond donors (Lipinski definition) is 0. The number of rotatable bonds is 2. The normalized spacial score (nSPS) is 13.5. The van der Waals surface area contributed by atoms with Crippen molar-refractivity contribution in [2.75, 3.05) is 0 Å². The highest BCUT2D eigenvalue weighted by molar-refractivity contribution is 6.32. The molecule has 0 amide bonds. The number of halogens is 4. The third kappa shape index (κ3) is 2.75. The molecule has 22 heavy (non-hydrogen) atoms. The van der Waals surface area contributed by atoms with E-state index in [-0.39, 0.29) is 5.69 Å². The number of hydrogen-bond acceptors (Lipinski definition) is 3. The Morgan fingerprint density at radius 1 is 1.27 bits per heavy atom. The van der Waals surface area contributed by atoms with Crippen molar-refractivity contribution in [2.45, 2.75) is 39.9 Å². The van der Waals surface area contributed by atoms with Crippen LogP contribution in [0, 0.1) is 20.8 Å². The summed E-state index contributed by atoms with van der Waals surface area (Å²) in [7, 11) is 0. The molecule has 0 saturated carbocycles. The van der Waals surface area contributed by atoms with Crippen LogP contribution in [0.1, 0.15) is 40.5 Å². The van der Waals surface area contributed by atoms with Crippen LogP contribution >= 0.6 is 11.6 Å². The Balaban J connectivity index is 2.44. The van der Waals surface area contributed by atoms with E-state index in [1.807, 2.05) is 0 Å². The summed E-state index contributed by atoms with van der Waals surface area (Å²) in [6.45, 7) is 6.25. The van der Waals surface area contributed by atoms with E-state index in [9.17, 15) is 18.0 Å². The minimum Gasteiger partial charge on any atom is -0.270 e. The fourth-order valence-electron chi connectivity index (χ4n) is 2.19. The molecule has 0 aliphatic carbocycles. The Bertz CT molecular complexity index is 732. The second-order valence-electron chi connectivity index (χ2n) is 5.04. The van der Waals surface area contributed by atoms with Crippen LogP contribution in [0.4, 0.5) is 13.2 Å². The summed E-state index contributed by atoms with van der Waals surface area (Å²) in [6, 6.07) is 0.737. The molecule has 0 aromatic carbocycles. The zero-order valence-corrected chi connectivity index (χ0v) is 13.1. The zero-order chi connectivity index (χ0) is 16.8. The predicted molar refractivity (Wildman–Crippen MR) is 74.0 cm³/mol. The lowest BCUT2D eigenvalue weighted by molar-refractivity contribution is -0.141. The van der Waals surface area contributed by atoms with E-state index < -0.39 is 28.8 Å². The lowest BCUT2D eigenvalue weighted by Gasteiger charge is -2.14. The number of aromatic nitrogens is 4. The molecule has 0 spiro atoms. The number of nitrogens with zero attached hydrogens (tertiary/aromatic N) is 4. The van der Waals surface area contributed by atoms with E-state index in [0.29, 0.717) is 11.4 Å². The highest BCUT2D eigenvalue weighted by atomic mass is 35.5. The summed E-state index contributed by atoms with van der Waals surface area (Å²) in [6.07, 6.45) is -4.67. The number of aryl methyl sites for hydroxylation is 2. The van der Waals surface area contributed by atoms with Crippen molar-refractivity contribution < 1.29 is 18.0 Å². The molecule has 0 bridgehead atoms. The van der Waals surface area contributed by atoms with Gasteiger partial charge in [0.2, 0.25) is 0 Å². The summed E-state index contributed by atoms with van der Waals surface area (Å²) in [5, 5.41) is 7.00. The molecule has 120 valence electrons. The van der Waals surface area contributed by atoms with E-state index in [1.54, 1.807) is 19.9 Å². The maximum Gasteiger partial charge on any atom is 0.436 e. The van der Waals surface area contributed by atoms with E-state index >= 15 is 0 Å². The number of alkyl halides is 3. The zero-order valence-electron chi connectivity index (χ0n) is 12.4. The molecule has 0 aliphatic heterocycles. The first-order valence-electron chi connectivity index (χ1n) is 6.43. The summed E-state index contributed by atoms with van der Waals surface area (Å²) < 4.78 is 40.6. The smallest absolute Gasteiger partial charge is 0.270 e.